The van der Waals surface area contributed by atoms with E-state index in [9.17, 15) is 4.79 Å². The van der Waals surface area contributed by atoms with Crippen molar-refractivity contribution in [3.8, 4) is 11.4 Å². The third-order valence-corrected chi connectivity index (χ3v) is 6.37. The van der Waals surface area contributed by atoms with Crippen LogP contribution < -0.4 is 10.2 Å². The summed E-state index contributed by atoms with van der Waals surface area (Å²) in [5.41, 5.74) is 7.01. The van der Waals surface area contributed by atoms with Gasteiger partial charge in [-0.25, -0.2) is 14.8 Å². The minimum atomic E-state index is 0.00843. The molecule has 0 bridgehead atoms. The number of anilines is 1. The van der Waals surface area contributed by atoms with Gasteiger partial charge in [-0.05, 0) is 45.7 Å². The Hall–Kier alpha value is -3.41. The van der Waals surface area contributed by atoms with Gasteiger partial charge in [0, 0.05) is 55.5 Å². The minimum Gasteiger partial charge on any atom is -0.353 e. The molecule has 1 aliphatic rings. The second-order valence-electron chi connectivity index (χ2n) is 9.49. The van der Waals surface area contributed by atoms with Crippen molar-refractivity contribution in [2.24, 2.45) is 0 Å². The summed E-state index contributed by atoms with van der Waals surface area (Å²) in [6, 6.07) is 16.9. The molecule has 0 aliphatic carbocycles. The monoisotopic (exact) mass is 457 g/mol. The van der Waals surface area contributed by atoms with E-state index < -0.39 is 0 Å². The van der Waals surface area contributed by atoms with Gasteiger partial charge in [0.15, 0.2) is 5.82 Å². The van der Waals surface area contributed by atoms with Gasteiger partial charge >= 0.3 is 6.03 Å². The molecule has 0 atom stereocenters. The van der Waals surface area contributed by atoms with E-state index in [4.69, 9.17) is 9.97 Å². The zero-order chi connectivity index (χ0) is 24.2. The smallest absolute Gasteiger partial charge is 0.317 e. The Bertz CT molecular complexity index is 1150. The van der Waals surface area contributed by atoms with Gasteiger partial charge in [-0.2, -0.15) is 0 Å². The van der Waals surface area contributed by atoms with E-state index in [1.165, 1.54) is 16.7 Å². The molecule has 34 heavy (non-hydrogen) atoms. The molecule has 1 saturated heterocycles. The number of urea groups is 1. The van der Waals surface area contributed by atoms with Crippen molar-refractivity contribution < 1.29 is 4.79 Å². The van der Waals surface area contributed by atoms with Crippen LogP contribution in [0.25, 0.3) is 11.4 Å². The Morgan fingerprint density at radius 3 is 2.35 bits per heavy atom. The molecule has 6 nitrogen and oxygen atoms in total. The third kappa shape index (κ3) is 5.38. The molecule has 2 amide bonds. The summed E-state index contributed by atoms with van der Waals surface area (Å²) >= 11 is 0. The average Bonchev–Trinajstić information content (AvgIpc) is 2.82. The molecule has 1 N–H and O–H groups in total. The van der Waals surface area contributed by atoms with Crippen LogP contribution in [-0.4, -0.2) is 53.1 Å². The van der Waals surface area contributed by atoms with Gasteiger partial charge in [0.1, 0.15) is 5.82 Å². The maximum Gasteiger partial charge on any atom is 0.317 e. The summed E-state index contributed by atoms with van der Waals surface area (Å²) < 4.78 is 0. The standard InChI is InChI=1S/C28H35N5O/c1-19(2)29-28(34)33-15-13-32(14-16-33)27-25(18-24-17-20(3)11-12-21(24)4)22(5)30-26(31-27)23-9-7-6-8-10-23/h6-12,17,19H,13-16,18H2,1-5H3,(H,29,34). The van der Waals surface area contributed by atoms with Gasteiger partial charge in [-0.3, -0.25) is 0 Å². The normalized spacial score (nSPS) is 13.9. The second-order valence-corrected chi connectivity index (χ2v) is 9.49. The predicted octanol–water partition coefficient (Wildman–Crippen LogP) is 4.90. The van der Waals surface area contributed by atoms with Crippen LogP contribution in [0.5, 0.6) is 0 Å². The molecule has 1 aliphatic heterocycles. The fraction of sp³-hybridized carbons (Fsp3) is 0.393. The number of hydrogen-bond acceptors (Lipinski definition) is 4. The topological polar surface area (TPSA) is 61.4 Å². The predicted molar refractivity (Wildman–Crippen MR) is 138 cm³/mol. The van der Waals surface area contributed by atoms with Crippen LogP contribution in [0, 0.1) is 20.8 Å². The number of hydrogen-bond donors (Lipinski definition) is 1. The van der Waals surface area contributed by atoms with Crippen molar-refractivity contribution in [2.75, 3.05) is 31.1 Å². The molecule has 0 saturated carbocycles. The SMILES string of the molecule is Cc1ccc(C)c(Cc2c(C)nc(-c3ccccc3)nc2N2CCN(C(=O)NC(C)C)CC2)c1. The van der Waals surface area contributed by atoms with Gasteiger partial charge in [0.2, 0.25) is 0 Å². The van der Waals surface area contributed by atoms with Crippen LogP contribution in [0.1, 0.15) is 41.8 Å². The lowest BCUT2D eigenvalue weighted by molar-refractivity contribution is 0.191. The Kier molecular flexibility index (Phi) is 7.15. The zero-order valence-electron chi connectivity index (χ0n) is 20.9. The Morgan fingerprint density at radius 1 is 0.971 bits per heavy atom. The zero-order valence-corrected chi connectivity index (χ0v) is 20.9. The summed E-state index contributed by atoms with van der Waals surface area (Å²) in [7, 11) is 0. The van der Waals surface area contributed by atoms with Gasteiger partial charge in [-0.15, -0.1) is 0 Å². The van der Waals surface area contributed by atoms with Crippen molar-refractivity contribution in [3.05, 3.63) is 76.5 Å². The molecule has 6 heteroatoms. The number of nitrogens with one attached hydrogen (secondary N) is 1. The van der Waals surface area contributed by atoms with Crippen LogP contribution in [0.15, 0.2) is 48.5 Å². The molecule has 0 radical (unpaired) electrons. The van der Waals surface area contributed by atoms with Crippen LogP contribution in [0.4, 0.5) is 10.6 Å². The molecular weight excluding hydrogens is 422 g/mol. The largest absolute Gasteiger partial charge is 0.353 e. The summed E-state index contributed by atoms with van der Waals surface area (Å²) in [6.45, 7) is 13.2. The maximum atomic E-state index is 12.5. The Morgan fingerprint density at radius 2 is 1.68 bits per heavy atom. The van der Waals surface area contributed by atoms with Crippen LogP contribution in [0.3, 0.4) is 0 Å². The average molecular weight is 458 g/mol. The van der Waals surface area contributed by atoms with E-state index in [1.54, 1.807) is 0 Å². The van der Waals surface area contributed by atoms with Crippen molar-refractivity contribution in [3.63, 3.8) is 0 Å². The highest BCUT2D eigenvalue weighted by molar-refractivity contribution is 5.75. The fourth-order valence-corrected chi connectivity index (χ4v) is 4.41. The van der Waals surface area contributed by atoms with E-state index in [2.05, 4.69) is 61.3 Å². The number of carbonyl (C=O) groups excluding carboxylic acids is 1. The number of aryl methyl sites for hydroxylation is 3. The molecule has 1 fully saturated rings. The highest BCUT2D eigenvalue weighted by Crippen LogP contribution is 2.29. The third-order valence-electron chi connectivity index (χ3n) is 6.37. The summed E-state index contributed by atoms with van der Waals surface area (Å²) in [5, 5.41) is 3.01. The number of aromatic nitrogens is 2. The number of nitrogens with zero attached hydrogens (tertiary/aromatic N) is 4. The Balaban J connectivity index is 1.68. The van der Waals surface area contributed by atoms with Gasteiger partial charge < -0.3 is 15.1 Å². The molecule has 1 aromatic heterocycles. The van der Waals surface area contributed by atoms with E-state index in [1.807, 2.05) is 36.9 Å². The number of rotatable bonds is 5. The summed E-state index contributed by atoms with van der Waals surface area (Å²) in [6.07, 6.45) is 0.789. The number of carbonyl (C=O) groups is 1. The quantitative estimate of drug-likeness (QED) is 0.592. The van der Waals surface area contributed by atoms with E-state index in [0.717, 1.165) is 48.0 Å². The lowest BCUT2D eigenvalue weighted by atomic mass is 9.97. The maximum absolute atomic E-state index is 12.5. The summed E-state index contributed by atoms with van der Waals surface area (Å²) in [5.74, 6) is 1.73. The highest BCUT2D eigenvalue weighted by Gasteiger charge is 2.25. The first-order chi connectivity index (χ1) is 16.3. The first-order valence-corrected chi connectivity index (χ1v) is 12.1. The van der Waals surface area contributed by atoms with Gasteiger partial charge in [0.05, 0.1) is 0 Å². The molecule has 0 unspecified atom stereocenters. The molecule has 178 valence electrons. The fourth-order valence-electron chi connectivity index (χ4n) is 4.41. The van der Waals surface area contributed by atoms with Gasteiger partial charge in [-0.1, -0.05) is 54.1 Å². The van der Waals surface area contributed by atoms with Crippen molar-refractivity contribution in [1.82, 2.24) is 20.2 Å². The number of amides is 2. The van der Waals surface area contributed by atoms with Crippen LogP contribution in [-0.2, 0) is 6.42 Å². The molecule has 3 aromatic rings. The minimum absolute atomic E-state index is 0.00843. The second kappa shape index (κ2) is 10.2. The first kappa shape index (κ1) is 23.7. The lowest BCUT2D eigenvalue weighted by Gasteiger charge is -2.37. The molecule has 0 spiro atoms. The number of benzene rings is 2. The highest BCUT2D eigenvalue weighted by atomic mass is 16.2. The number of piperazine rings is 1. The van der Waals surface area contributed by atoms with Crippen molar-refractivity contribution in [1.29, 1.82) is 0 Å². The van der Waals surface area contributed by atoms with E-state index in [0.29, 0.717) is 13.1 Å². The summed E-state index contributed by atoms with van der Waals surface area (Å²) in [4.78, 5) is 26.7. The molecular formula is C28H35N5O. The molecule has 4 rings (SSSR count). The van der Waals surface area contributed by atoms with E-state index in [-0.39, 0.29) is 12.1 Å². The van der Waals surface area contributed by atoms with E-state index >= 15 is 0 Å². The lowest BCUT2D eigenvalue weighted by Crippen LogP contribution is -2.53. The Labute approximate surface area is 203 Å². The van der Waals surface area contributed by atoms with Crippen LogP contribution in [0.2, 0.25) is 0 Å². The van der Waals surface area contributed by atoms with Gasteiger partial charge in [0.25, 0.3) is 0 Å². The van der Waals surface area contributed by atoms with Crippen molar-refractivity contribution >= 4 is 11.8 Å². The van der Waals surface area contributed by atoms with Crippen molar-refractivity contribution in [2.45, 2.75) is 47.1 Å². The molecule has 2 aromatic carbocycles. The first-order valence-electron chi connectivity index (χ1n) is 12.1. The molecule has 2 heterocycles. The van der Waals surface area contributed by atoms with Crippen LogP contribution >= 0.6 is 0 Å².